The number of fused-ring (bicyclic) bond motifs is 4. The highest BCUT2D eigenvalue weighted by atomic mass is 19.1. The number of hydrogen-bond acceptors (Lipinski definition) is 16. The lowest BCUT2D eigenvalue weighted by Gasteiger charge is -2.36. The molecular weight excluding hydrogens is 1110 g/mol. The number of aromatic amines is 1. The second-order valence-corrected chi connectivity index (χ2v) is 25.0. The maximum Gasteiger partial charge on any atom is 0.410 e. The minimum Gasteiger partial charge on any atom is -0.486 e. The van der Waals surface area contributed by atoms with E-state index in [9.17, 15) is 19.5 Å². The molecule has 21 nitrogen and oxygen atoms in total. The maximum absolute atomic E-state index is 16.3. The van der Waals surface area contributed by atoms with Crippen molar-refractivity contribution in [3.8, 4) is 45.5 Å². The van der Waals surface area contributed by atoms with Gasteiger partial charge in [0.1, 0.15) is 53.2 Å². The normalized spacial score (nSPS) is 19.6. The molecule has 0 spiro atoms. The van der Waals surface area contributed by atoms with Crippen LogP contribution in [0.2, 0.25) is 0 Å². The van der Waals surface area contributed by atoms with Crippen molar-refractivity contribution in [2.75, 3.05) is 44.4 Å². The second-order valence-electron chi connectivity index (χ2n) is 25.0. The van der Waals surface area contributed by atoms with Crippen molar-refractivity contribution in [3.63, 3.8) is 0 Å². The molecular formula is C65H72FN13O8. The highest BCUT2D eigenvalue weighted by Gasteiger charge is 2.48. The van der Waals surface area contributed by atoms with Gasteiger partial charge in [-0.15, -0.1) is 5.10 Å². The molecule has 452 valence electrons. The summed E-state index contributed by atoms with van der Waals surface area (Å²) in [5, 5.41) is 31.4. The van der Waals surface area contributed by atoms with E-state index in [2.05, 4.69) is 46.8 Å². The molecule has 4 saturated heterocycles. The Kier molecular flexibility index (Phi) is 15.6. The Morgan fingerprint density at radius 3 is 2.36 bits per heavy atom. The molecule has 1 saturated carbocycles. The topological polar surface area (TPSA) is 241 Å². The zero-order valence-corrected chi connectivity index (χ0v) is 49.8. The smallest absolute Gasteiger partial charge is 0.410 e. The number of piperazine rings is 1. The third-order valence-corrected chi connectivity index (χ3v) is 17.5. The molecule has 0 radical (unpaired) electrons. The lowest BCUT2D eigenvalue weighted by atomic mass is 9.88. The molecule has 87 heavy (non-hydrogen) atoms. The Labute approximate surface area is 503 Å². The van der Waals surface area contributed by atoms with E-state index in [0.717, 1.165) is 57.9 Å². The van der Waals surface area contributed by atoms with Crippen molar-refractivity contribution >= 4 is 45.5 Å². The van der Waals surface area contributed by atoms with Gasteiger partial charge in [0.05, 0.1) is 55.9 Å². The Hall–Kier alpha value is -8.63. The van der Waals surface area contributed by atoms with Crippen LogP contribution in [-0.4, -0.2) is 147 Å². The number of ether oxygens (including phenoxy) is 4. The van der Waals surface area contributed by atoms with E-state index in [1.165, 1.54) is 6.07 Å². The predicted molar refractivity (Wildman–Crippen MR) is 322 cm³/mol. The van der Waals surface area contributed by atoms with Crippen molar-refractivity contribution < 1.29 is 42.8 Å². The third-order valence-electron chi connectivity index (χ3n) is 17.5. The number of nitrogens with one attached hydrogen (secondary N) is 2. The van der Waals surface area contributed by atoms with Gasteiger partial charge in [-0.05, 0) is 112 Å². The number of carbonyl (C=O) groups excluding carboxylic acids is 3. The SMILES string of the molecule is Cc1c(F)cc2[nH]ncc2c1-c1c(C2CC2)cc2c(N3CC4CC3CN4C(=O)OC(C)(C)C)nc(OC3CCOCC3)nc2c1OCc1ccc(-c2cn(C(C(=O)N3CCCC3C(=O)NC(CO)c3ccc(-c4ncccn4)cc3)C(C)C)nn2)cc1. The monoisotopic (exact) mass is 1180 g/mol. The van der Waals surface area contributed by atoms with E-state index in [4.69, 9.17) is 28.9 Å². The molecule has 13 rings (SSSR count). The molecule has 5 aliphatic rings. The maximum atomic E-state index is 16.3. The van der Waals surface area contributed by atoms with E-state index in [1.807, 2.05) is 88.0 Å². The first kappa shape index (κ1) is 57.4. The average molecular weight is 1180 g/mol. The molecule has 3 N–H and O–H groups in total. The molecule has 5 fully saturated rings. The van der Waals surface area contributed by atoms with Crippen LogP contribution in [0.1, 0.15) is 120 Å². The van der Waals surface area contributed by atoms with E-state index >= 15 is 4.39 Å². The fourth-order valence-corrected chi connectivity index (χ4v) is 13.0. The molecule has 4 aliphatic heterocycles. The molecule has 4 aromatic carbocycles. The zero-order chi connectivity index (χ0) is 60.3. The highest BCUT2D eigenvalue weighted by Crippen LogP contribution is 2.54. The summed E-state index contributed by atoms with van der Waals surface area (Å²) >= 11 is 0. The summed E-state index contributed by atoms with van der Waals surface area (Å²) in [6.45, 7) is 13.6. The molecule has 5 unspecified atom stereocenters. The number of amides is 3. The van der Waals surface area contributed by atoms with Crippen LogP contribution in [0.25, 0.3) is 55.6 Å². The average Bonchev–Trinajstić information content (AvgIpc) is 1.79. The quantitative estimate of drug-likeness (QED) is 0.0769. The van der Waals surface area contributed by atoms with Gasteiger partial charge in [-0.25, -0.2) is 23.8 Å². The minimum atomic E-state index is -0.756. The summed E-state index contributed by atoms with van der Waals surface area (Å²) in [7, 11) is 0. The summed E-state index contributed by atoms with van der Waals surface area (Å²) in [5.41, 5.74) is 6.97. The van der Waals surface area contributed by atoms with Crippen LogP contribution in [-0.2, 0) is 25.7 Å². The number of halogens is 1. The number of carbonyl (C=O) groups is 3. The molecule has 1 aliphatic carbocycles. The molecule has 2 bridgehead atoms. The fourth-order valence-electron chi connectivity index (χ4n) is 13.0. The zero-order valence-electron chi connectivity index (χ0n) is 49.8. The van der Waals surface area contributed by atoms with Gasteiger partial charge < -0.3 is 44.1 Å². The first-order valence-corrected chi connectivity index (χ1v) is 30.3. The number of nitrogens with zero attached hydrogens (tertiary/aromatic N) is 11. The molecule has 3 amide bonds. The Morgan fingerprint density at radius 2 is 1.66 bits per heavy atom. The number of rotatable bonds is 17. The molecule has 22 heteroatoms. The third kappa shape index (κ3) is 11.5. The van der Waals surface area contributed by atoms with Gasteiger partial charge in [-0.3, -0.25) is 14.7 Å². The van der Waals surface area contributed by atoms with Crippen LogP contribution >= 0.6 is 0 Å². The number of hydrogen-bond donors (Lipinski definition) is 3. The second kappa shape index (κ2) is 23.6. The van der Waals surface area contributed by atoms with Gasteiger partial charge in [0.25, 0.3) is 0 Å². The van der Waals surface area contributed by atoms with Gasteiger partial charge in [-0.2, -0.15) is 15.1 Å². The molecule has 5 atom stereocenters. The van der Waals surface area contributed by atoms with Crippen molar-refractivity contribution in [1.82, 2.24) is 60.2 Å². The van der Waals surface area contributed by atoms with Crippen molar-refractivity contribution in [3.05, 3.63) is 120 Å². The van der Waals surface area contributed by atoms with Crippen molar-refractivity contribution in [2.45, 2.75) is 141 Å². The van der Waals surface area contributed by atoms with Crippen LogP contribution in [0.4, 0.5) is 15.0 Å². The van der Waals surface area contributed by atoms with Gasteiger partial charge in [0, 0.05) is 77.9 Å². The minimum absolute atomic E-state index is 0.0481. The molecule has 8 heterocycles. The van der Waals surface area contributed by atoms with Crippen LogP contribution in [0.15, 0.2) is 91.5 Å². The van der Waals surface area contributed by atoms with E-state index < -0.39 is 23.7 Å². The lowest BCUT2D eigenvalue weighted by molar-refractivity contribution is -0.142. The Balaban J connectivity index is 0.790. The first-order chi connectivity index (χ1) is 42.1. The van der Waals surface area contributed by atoms with Gasteiger partial charge in [0.15, 0.2) is 11.6 Å². The highest BCUT2D eigenvalue weighted by molar-refractivity contribution is 6.06. The van der Waals surface area contributed by atoms with Crippen LogP contribution in [0.5, 0.6) is 11.8 Å². The summed E-state index contributed by atoms with van der Waals surface area (Å²) in [6.07, 6.45) is 11.4. The number of benzene rings is 4. The largest absolute Gasteiger partial charge is 0.486 e. The van der Waals surface area contributed by atoms with Crippen LogP contribution in [0.3, 0.4) is 0 Å². The molecule has 8 aromatic rings. The van der Waals surface area contributed by atoms with Crippen molar-refractivity contribution in [1.29, 1.82) is 0 Å². The van der Waals surface area contributed by atoms with Gasteiger partial charge >= 0.3 is 12.1 Å². The Morgan fingerprint density at radius 1 is 0.897 bits per heavy atom. The lowest BCUT2D eigenvalue weighted by Crippen LogP contribution is -2.50. The number of aromatic nitrogens is 9. The van der Waals surface area contributed by atoms with Crippen LogP contribution < -0.4 is 19.7 Å². The summed E-state index contributed by atoms with van der Waals surface area (Å²) in [4.78, 5) is 67.0. The number of aliphatic hydroxyl groups is 1. The summed E-state index contributed by atoms with van der Waals surface area (Å²) in [6, 6.07) is 18.5. The van der Waals surface area contributed by atoms with E-state index in [0.29, 0.717) is 109 Å². The first-order valence-electron chi connectivity index (χ1n) is 30.3. The number of likely N-dealkylation sites (tertiary alicyclic amines) is 2. The number of H-pyrrole nitrogens is 1. The predicted octanol–water partition coefficient (Wildman–Crippen LogP) is 9.59. The van der Waals surface area contributed by atoms with Crippen LogP contribution in [0, 0.1) is 18.7 Å². The fraction of sp³-hybridized carbons (Fsp3) is 0.446. The van der Waals surface area contributed by atoms with Gasteiger partial charge in [-0.1, -0.05) is 67.6 Å². The van der Waals surface area contributed by atoms with Crippen molar-refractivity contribution in [2.24, 2.45) is 5.92 Å². The molecule has 4 aromatic heterocycles. The van der Waals surface area contributed by atoms with E-state index in [1.54, 1.807) is 47.4 Å². The number of aliphatic hydroxyl groups excluding tert-OH is 1. The van der Waals surface area contributed by atoms with E-state index in [-0.39, 0.29) is 73.0 Å². The standard InChI is InChI=1S/C65H72FN13O8/c1-36(2)57(62(82)76-24-7-9-53(76)61(81)70-52(34-80)41-16-18-42(19-17-41)59-67-22-8-23-68-59)79-33-51(74-75-79)40-12-10-38(11-13-40)35-85-58-55(54-37(3)49(66)29-50-48(54)30-69-73-50)46(39-14-15-39)28-47-56(58)71-63(86-45-20-25-84-26-21-45)72-60(47)77-31-44-27-43(77)32-78(44)64(83)87-65(4,5)6/h8,10-13,16-19,22-23,28-30,33,36,39,43-45,52-53,57,80H,7,9,14-15,20-21,24-27,31-32,34-35H2,1-6H3,(H,69,73)(H,70,81). The summed E-state index contributed by atoms with van der Waals surface area (Å²) < 4.78 is 43.3. The van der Waals surface area contributed by atoms with Gasteiger partial charge in [0.2, 0.25) is 11.8 Å². The number of anilines is 1. The summed E-state index contributed by atoms with van der Waals surface area (Å²) in [5.74, 6) is 0.718. The Bertz CT molecular complexity index is 3860.